The Kier molecular flexibility index (Phi) is 3.41. The Morgan fingerprint density at radius 1 is 1.33 bits per heavy atom. The Morgan fingerprint density at radius 2 is 1.80 bits per heavy atom. The van der Waals surface area contributed by atoms with Gasteiger partial charge in [-0.15, -0.1) is 0 Å². The Labute approximate surface area is 87.8 Å². The summed E-state index contributed by atoms with van der Waals surface area (Å²) in [6, 6.07) is -0.663. The molecule has 1 fully saturated rings. The highest BCUT2D eigenvalue weighted by Crippen LogP contribution is 2.05. The number of imide groups is 1. The van der Waals surface area contributed by atoms with Crippen molar-refractivity contribution in [2.24, 2.45) is 11.7 Å². The third-order valence-electron chi connectivity index (χ3n) is 2.26. The first kappa shape index (κ1) is 11.6. The number of nitrogens with two attached hydrogens (primary N) is 1. The highest BCUT2D eigenvalue weighted by atomic mass is 16.2. The summed E-state index contributed by atoms with van der Waals surface area (Å²) in [6.07, 6.45) is 0. The van der Waals surface area contributed by atoms with Gasteiger partial charge in [0.05, 0.1) is 6.04 Å². The fraction of sp³-hybridized carbons (Fsp3) is 0.667. The molecule has 1 rings (SSSR count). The smallest absolute Gasteiger partial charge is 0.246 e. The van der Waals surface area contributed by atoms with E-state index in [2.05, 4.69) is 5.32 Å². The Morgan fingerprint density at radius 3 is 2.20 bits per heavy atom. The van der Waals surface area contributed by atoms with Crippen molar-refractivity contribution in [3.05, 3.63) is 0 Å². The van der Waals surface area contributed by atoms with E-state index >= 15 is 0 Å². The predicted octanol–water partition coefficient (Wildman–Crippen LogP) is -1.55. The summed E-state index contributed by atoms with van der Waals surface area (Å²) in [7, 11) is 0. The number of nitrogens with one attached hydrogen (secondary N) is 1. The van der Waals surface area contributed by atoms with E-state index in [0.29, 0.717) is 0 Å². The van der Waals surface area contributed by atoms with Crippen molar-refractivity contribution >= 4 is 17.7 Å². The molecule has 6 heteroatoms. The highest BCUT2D eigenvalue weighted by Gasteiger charge is 2.30. The zero-order chi connectivity index (χ0) is 11.6. The maximum absolute atomic E-state index is 11.7. The molecule has 6 nitrogen and oxygen atoms in total. The summed E-state index contributed by atoms with van der Waals surface area (Å²) in [6.45, 7) is 3.44. The summed E-state index contributed by atoms with van der Waals surface area (Å²) >= 11 is 0. The van der Waals surface area contributed by atoms with E-state index in [1.807, 2.05) is 13.8 Å². The Hall–Kier alpha value is -1.43. The molecule has 0 aromatic rings. The van der Waals surface area contributed by atoms with Gasteiger partial charge in [-0.05, 0) is 5.92 Å². The topological polar surface area (TPSA) is 92.5 Å². The quantitative estimate of drug-likeness (QED) is 0.543. The van der Waals surface area contributed by atoms with Crippen molar-refractivity contribution in [1.29, 1.82) is 0 Å². The molecular weight excluding hydrogens is 198 g/mol. The minimum atomic E-state index is -0.663. The lowest BCUT2D eigenvalue weighted by Crippen LogP contribution is -2.57. The van der Waals surface area contributed by atoms with Crippen LogP contribution in [0.1, 0.15) is 13.8 Å². The van der Waals surface area contributed by atoms with Crippen molar-refractivity contribution in [2.75, 3.05) is 13.1 Å². The standard InChI is InChI=1S/C9H15N3O3/c1-5(2)8(10)9(15)12-3-6(13)11-7(14)4-12/h5,8H,3-4,10H2,1-2H3,(H,11,13,14)/t8-/m0/s1. The normalized spacial score (nSPS) is 19.1. The van der Waals surface area contributed by atoms with Crippen LogP contribution in [-0.4, -0.2) is 41.8 Å². The molecule has 3 amide bonds. The van der Waals surface area contributed by atoms with Crippen LogP contribution in [0.5, 0.6) is 0 Å². The van der Waals surface area contributed by atoms with Gasteiger partial charge in [0.15, 0.2) is 0 Å². The first-order chi connectivity index (χ1) is 6.91. The Balaban J connectivity index is 2.67. The zero-order valence-corrected chi connectivity index (χ0v) is 8.82. The molecule has 0 bridgehead atoms. The summed E-state index contributed by atoms with van der Waals surface area (Å²) in [5, 5.41) is 2.12. The molecule has 3 N–H and O–H groups in total. The summed E-state index contributed by atoms with van der Waals surface area (Å²) in [5.74, 6) is -1.29. The molecule has 1 atom stereocenters. The molecule has 0 aliphatic carbocycles. The Bertz CT molecular complexity index is 285. The third-order valence-corrected chi connectivity index (χ3v) is 2.26. The second-order valence-corrected chi connectivity index (χ2v) is 3.94. The van der Waals surface area contributed by atoms with Crippen LogP contribution in [0.25, 0.3) is 0 Å². The molecule has 15 heavy (non-hydrogen) atoms. The van der Waals surface area contributed by atoms with Crippen LogP contribution in [0.3, 0.4) is 0 Å². The summed E-state index contributed by atoms with van der Waals surface area (Å²) < 4.78 is 0. The maximum atomic E-state index is 11.7. The molecule has 0 radical (unpaired) electrons. The van der Waals surface area contributed by atoms with Gasteiger partial charge < -0.3 is 10.6 Å². The molecule has 0 aromatic heterocycles. The molecule has 0 aromatic carbocycles. The van der Waals surface area contributed by atoms with Crippen LogP contribution in [0.4, 0.5) is 0 Å². The van der Waals surface area contributed by atoms with Crippen LogP contribution in [0, 0.1) is 5.92 Å². The number of piperazine rings is 1. The van der Waals surface area contributed by atoms with E-state index in [0.717, 1.165) is 0 Å². The van der Waals surface area contributed by atoms with Crippen molar-refractivity contribution in [1.82, 2.24) is 10.2 Å². The summed E-state index contributed by atoms with van der Waals surface area (Å²) in [4.78, 5) is 34.9. The minimum absolute atomic E-state index is 0.0161. The second-order valence-electron chi connectivity index (χ2n) is 3.94. The van der Waals surface area contributed by atoms with E-state index in [1.165, 1.54) is 4.90 Å². The van der Waals surface area contributed by atoms with Crippen LogP contribution >= 0.6 is 0 Å². The van der Waals surface area contributed by atoms with Gasteiger partial charge in [-0.1, -0.05) is 13.8 Å². The monoisotopic (exact) mass is 213 g/mol. The number of hydrogen-bond donors (Lipinski definition) is 2. The predicted molar refractivity (Wildman–Crippen MR) is 52.5 cm³/mol. The van der Waals surface area contributed by atoms with E-state index in [-0.39, 0.29) is 24.9 Å². The van der Waals surface area contributed by atoms with Crippen LogP contribution in [0.2, 0.25) is 0 Å². The van der Waals surface area contributed by atoms with Gasteiger partial charge in [0, 0.05) is 0 Å². The van der Waals surface area contributed by atoms with E-state index < -0.39 is 17.9 Å². The van der Waals surface area contributed by atoms with Crippen molar-refractivity contribution in [3.63, 3.8) is 0 Å². The average Bonchev–Trinajstić information content (AvgIpc) is 2.13. The molecule has 1 aliphatic rings. The summed E-state index contributed by atoms with van der Waals surface area (Å²) in [5.41, 5.74) is 5.65. The number of nitrogens with zero attached hydrogens (tertiary/aromatic N) is 1. The van der Waals surface area contributed by atoms with Crippen LogP contribution in [-0.2, 0) is 14.4 Å². The first-order valence-electron chi connectivity index (χ1n) is 4.79. The largest absolute Gasteiger partial charge is 0.323 e. The lowest BCUT2D eigenvalue weighted by atomic mass is 10.0. The fourth-order valence-corrected chi connectivity index (χ4v) is 1.29. The van der Waals surface area contributed by atoms with E-state index in [4.69, 9.17) is 5.73 Å². The highest BCUT2D eigenvalue weighted by molar-refractivity contribution is 6.03. The van der Waals surface area contributed by atoms with Gasteiger partial charge >= 0.3 is 0 Å². The van der Waals surface area contributed by atoms with Gasteiger partial charge in [0.25, 0.3) is 0 Å². The van der Waals surface area contributed by atoms with Crippen LogP contribution < -0.4 is 11.1 Å². The van der Waals surface area contributed by atoms with Gasteiger partial charge in [0.2, 0.25) is 17.7 Å². The first-order valence-corrected chi connectivity index (χ1v) is 4.79. The third kappa shape index (κ3) is 2.76. The van der Waals surface area contributed by atoms with E-state index in [9.17, 15) is 14.4 Å². The van der Waals surface area contributed by atoms with Gasteiger partial charge in [-0.3, -0.25) is 19.7 Å². The fourth-order valence-electron chi connectivity index (χ4n) is 1.29. The number of rotatable bonds is 2. The van der Waals surface area contributed by atoms with E-state index in [1.54, 1.807) is 0 Å². The molecule has 84 valence electrons. The lowest BCUT2D eigenvalue weighted by Gasteiger charge is -2.28. The maximum Gasteiger partial charge on any atom is 0.246 e. The zero-order valence-electron chi connectivity index (χ0n) is 8.82. The molecule has 1 aliphatic heterocycles. The number of amides is 3. The van der Waals surface area contributed by atoms with Gasteiger partial charge in [-0.25, -0.2) is 0 Å². The molecule has 0 saturated carbocycles. The number of carbonyl (C=O) groups excluding carboxylic acids is 3. The molecular formula is C9H15N3O3. The van der Waals surface area contributed by atoms with Crippen LogP contribution in [0.15, 0.2) is 0 Å². The SMILES string of the molecule is CC(C)[C@H](N)C(=O)N1CC(=O)NC(=O)C1. The van der Waals surface area contributed by atoms with Crippen molar-refractivity contribution in [3.8, 4) is 0 Å². The molecule has 0 spiro atoms. The average molecular weight is 213 g/mol. The molecule has 1 heterocycles. The van der Waals surface area contributed by atoms with Crippen molar-refractivity contribution < 1.29 is 14.4 Å². The second kappa shape index (κ2) is 4.39. The molecule has 0 unspecified atom stereocenters. The number of carbonyl (C=O) groups is 3. The minimum Gasteiger partial charge on any atom is -0.323 e. The lowest BCUT2D eigenvalue weighted by molar-refractivity contribution is -0.146. The van der Waals surface area contributed by atoms with Gasteiger partial charge in [0.1, 0.15) is 13.1 Å². The van der Waals surface area contributed by atoms with Gasteiger partial charge in [-0.2, -0.15) is 0 Å². The number of hydrogen-bond acceptors (Lipinski definition) is 4. The molecule has 1 saturated heterocycles. The van der Waals surface area contributed by atoms with Crippen molar-refractivity contribution in [2.45, 2.75) is 19.9 Å².